The third-order valence-electron chi connectivity index (χ3n) is 5.45. The summed E-state index contributed by atoms with van der Waals surface area (Å²) in [5.74, 6) is 2.54. The van der Waals surface area contributed by atoms with Crippen molar-refractivity contribution < 1.29 is 9.53 Å². The van der Waals surface area contributed by atoms with E-state index in [1.54, 1.807) is 23.4 Å². The molecule has 29 heavy (non-hydrogen) atoms. The lowest BCUT2D eigenvalue weighted by Gasteiger charge is -2.30. The van der Waals surface area contributed by atoms with Crippen molar-refractivity contribution in [2.45, 2.75) is 36.2 Å². The molecule has 2 aromatic rings. The molecule has 1 saturated heterocycles. The number of fused-ring (bicyclic) bond motifs is 1. The highest BCUT2D eigenvalue weighted by molar-refractivity contribution is 8.00. The van der Waals surface area contributed by atoms with Gasteiger partial charge in [-0.1, -0.05) is 30.8 Å². The topological polar surface area (TPSA) is 64.4 Å². The lowest BCUT2D eigenvalue weighted by atomic mass is 9.99. The standard InChI is InChI=1S/C21H25N3O3S2/c1-14-7-10-23(11-8-14)18(25)13-29-21-22-15-9-12-28-19(15)20(26)24(21)16-5-3-4-6-17(16)27-2/h3-6,14H,7-13H2,1-2H3. The summed E-state index contributed by atoms with van der Waals surface area (Å²) in [7, 11) is 1.59. The van der Waals surface area contributed by atoms with Crippen molar-refractivity contribution >= 4 is 29.4 Å². The average Bonchev–Trinajstić information content (AvgIpc) is 3.21. The molecular weight excluding hydrogens is 406 g/mol. The van der Waals surface area contributed by atoms with Crippen LogP contribution in [-0.4, -0.2) is 52.1 Å². The van der Waals surface area contributed by atoms with Gasteiger partial charge in [-0.05, 0) is 30.9 Å². The Hall–Kier alpha value is -1.93. The SMILES string of the molecule is COc1ccccc1-n1c(SCC(=O)N2CCC(C)CC2)nc2c(c1=O)SCC2. The molecule has 0 bridgehead atoms. The fraction of sp³-hybridized carbons (Fsp3) is 0.476. The summed E-state index contributed by atoms with van der Waals surface area (Å²) in [5, 5.41) is 0.555. The van der Waals surface area contributed by atoms with E-state index in [0.29, 0.717) is 27.4 Å². The second-order valence-corrected chi connectivity index (χ2v) is 9.48. The van der Waals surface area contributed by atoms with Crippen molar-refractivity contribution in [2.75, 3.05) is 31.7 Å². The van der Waals surface area contributed by atoms with Crippen molar-refractivity contribution in [3.63, 3.8) is 0 Å². The molecule has 0 spiro atoms. The Morgan fingerprint density at radius 2 is 2.07 bits per heavy atom. The molecule has 0 unspecified atom stereocenters. The third kappa shape index (κ3) is 4.19. The van der Waals surface area contributed by atoms with E-state index in [1.807, 2.05) is 29.2 Å². The number of hydrogen-bond donors (Lipinski definition) is 0. The van der Waals surface area contributed by atoms with Crippen LogP contribution in [0.5, 0.6) is 5.75 Å². The van der Waals surface area contributed by atoms with Crippen molar-refractivity contribution in [1.29, 1.82) is 0 Å². The van der Waals surface area contributed by atoms with E-state index in [-0.39, 0.29) is 17.2 Å². The van der Waals surface area contributed by atoms with Crippen LogP contribution >= 0.6 is 23.5 Å². The minimum absolute atomic E-state index is 0.0799. The Balaban J connectivity index is 1.65. The number of thioether (sulfide) groups is 2. The van der Waals surface area contributed by atoms with Crippen LogP contribution in [0, 0.1) is 5.92 Å². The lowest BCUT2D eigenvalue weighted by Crippen LogP contribution is -2.39. The average molecular weight is 432 g/mol. The van der Waals surface area contributed by atoms with Crippen LogP contribution in [0.2, 0.25) is 0 Å². The van der Waals surface area contributed by atoms with Gasteiger partial charge < -0.3 is 9.64 Å². The molecular formula is C21H25N3O3S2. The van der Waals surface area contributed by atoms with Crippen LogP contribution in [-0.2, 0) is 11.2 Å². The van der Waals surface area contributed by atoms with Crippen LogP contribution in [0.1, 0.15) is 25.5 Å². The first-order chi connectivity index (χ1) is 14.1. The molecule has 154 valence electrons. The quantitative estimate of drug-likeness (QED) is 0.535. The number of rotatable bonds is 5. The molecule has 1 aromatic carbocycles. The van der Waals surface area contributed by atoms with Crippen molar-refractivity contribution in [3.05, 3.63) is 40.3 Å². The first-order valence-corrected chi connectivity index (χ1v) is 11.9. The zero-order chi connectivity index (χ0) is 20.4. The van der Waals surface area contributed by atoms with Gasteiger partial charge in [0.1, 0.15) is 5.75 Å². The van der Waals surface area contributed by atoms with Crippen molar-refractivity contribution in [2.24, 2.45) is 5.92 Å². The Morgan fingerprint density at radius 3 is 2.83 bits per heavy atom. The molecule has 8 heteroatoms. The molecule has 3 heterocycles. The molecule has 1 amide bonds. The van der Waals surface area contributed by atoms with Gasteiger partial charge in [-0.25, -0.2) is 4.98 Å². The van der Waals surface area contributed by atoms with Gasteiger partial charge in [0.2, 0.25) is 5.91 Å². The number of aryl methyl sites for hydroxylation is 1. The number of methoxy groups -OCH3 is 1. The van der Waals surface area contributed by atoms with Crippen LogP contribution in [0.4, 0.5) is 0 Å². The second kappa shape index (κ2) is 8.83. The summed E-state index contributed by atoms with van der Waals surface area (Å²) < 4.78 is 7.08. The van der Waals surface area contributed by atoms with Crippen LogP contribution in [0.3, 0.4) is 0 Å². The highest BCUT2D eigenvalue weighted by atomic mass is 32.2. The Labute approximate surface area is 179 Å². The summed E-state index contributed by atoms with van der Waals surface area (Å²) in [4.78, 5) is 33.4. The van der Waals surface area contributed by atoms with E-state index in [2.05, 4.69) is 6.92 Å². The molecule has 4 rings (SSSR count). The number of likely N-dealkylation sites (tertiary alicyclic amines) is 1. The Kier molecular flexibility index (Phi) is 6.20. The largest absolute Gasteiger partial charge is 0.495 e. The molecule has 0 radical (unpaired) electrons. The van der Waals surface area contributed by atoms with Gasteiger partial charge in [0.05, 0.1) is 29.1 Å². The van der Waals surface area contributed by atoms with Gasteiger partial charge in [0, 0.05) is 25.3 Å². The van der Waals surface area contributed by atoms with Gasteiger partial charge >= 0.3 is 0 Å². The number of carbonyl (C=O) groups excluding carboxylic acids is 1. The molecule has 0 aliphatic carbocycles. The zero-order valence-electron chi connectivity index (χ0n) is 16.7. The summed E-state index contributed by atoms with van der Waals surface area (Å²) in [5.41, 5.74) is 1.42. The zero-order valence-corrected chi connectivity index (χ0v) is 18.4. The van der Waals surface area contributed by atoms with Gasteiger partial charge in [-0.2, -0.15) is 0 Å². The number of ether oxygens (including phenoxy) is 1. The van der Waals surface area contributed by atoms with Gasteiger partial charge in [0.25, 0.3) is 5.56 Å². The number of para-hydroxylation sites is 2. The number of carbonyl (C=O) groups is 1. The molecule has 2 aliphatic rings. The predicted molar refractivity (Wildman–Crippen MR) is 117 cm³/mol. The Morgan fingerprint density at radius 1 is 1.31 bits per heavy atom. The molecule has 6 nitrogen and oxygen atoms in total. The molecule has 1 aromatic heterocycles. The van der Waals surface area contributed by atoms with Crippen molar-refractivity contribution in [1.82, 2.24) is 14.5 Å². The number of benzene rings is 1. The third-order valence-corrected chi connectivity index (χ3v) is 7.48. The minimum Gasteiger partial charge on any atom is -0.495 e. The van der Waals surface area contributed by atoms with Crippen LogP contribution in [0.25, 0.3) is 5.69 Å². The van der Waals surface area contributed by atoms with E-state index in [1.165, 1.54) is 11.8 Å². The predicted octanol–water partition coefficient (Wildman–Crippen LogP) is 3.24. The number of hydrogen-bond acceptors (Lipinski definition) is 6. The number of aromatic nitrogens is 2. The maximum absolute atomic E-state index is 13.3. The lowest BCUT2D eigenvalue weighted by molar-refractivity contribution is -0.129. The molecule has 0 saturated carbocycles. The fourth-order valence-corrected chi connectivity index (χ4v) is 5.64. The first-order valence-electron chi connectivity index (χ1n) is 9.91. The van der Waals surface area contributed by atoms with Gasteiger partial charge in [0.15, 0.2) is 5.16 Å². The first kappa shape index (κ1) is 20.3. The molecule has 2 aliphatic heterocycles. The molecule has 0 N–H and O–H groups in total. The van der Waals surface area contributed by atoms with E-state index in [0.717, 1.165) is 43.8 Å². The summed E-state index contributed by atoms with van der Waals surface area (Å²) >= 11 is 2.89. The fourth-order valence-electron chi connectivity index (χ4n) is 3.69. The number of nitrogens with zero attached hydrogens (tertiary/aromatic N) is 3. The Bertz CT molecular complexity index is 968. The molecule has 0 atom stereocenters. The van der Waals surface area contributed by atoms with E-state index in [4.69, 9.17) is 9.72 Å². The maximum atomic E-state index is 13.3. The van der Waals surface area contributed by atoms with E-state index < -0.39 is 0 Å². The summed E-state index contributed by atoms with van der Waals surface area (Å²) in [6.45, 7) is 3.86. The number of piperidine rings is 1. The highest BCUT2D eigenvalue weighted by Gasteiger charge is 2.25. The second-order valence-electron chi connectivity index (χ2n) is 7.43. The van der Waals surface area contributed by atoms with Gasteiger partial charge in [-0.3, -0.25) is 14.2 Å². The van der Waals surface area contributed by atoms with E-state index in [9.17, 15) is 9.59 Å². The monoisotopic (exact) mass is 431 g/mol. The highest BCUT2D eigenvalue weighted by Crippen LogP contribution is 2.32. The van der Waals surface area contributed by atoms with E-state index >= 15 is 0 Å². The smallest absolute Gasteiger partial charge is 0.272 e. The minimum atomic E-state index is -0.0799. The van der Waals surface area contributed by atoms with Crippen LogP contribution in [0.15, 0.2) is 39.1 Å². The normalized spacial score (nSPS) is 16.7. The van der Waals surface area contributed by atoms with Crippen LogP contribution < -0.4 is 10.3 Å². The summed E-state index contributed by atoms with van der Waals surface area (Å²) in [6.07, 6.45) is 2.89. The van der Waals surface area contributed by atoms with Gasteiger partial charge in [-0.15, -0.1) is 11.8 Å². The van der Waals surface area contributed by atoms with Crippen molar-refractivity contribution in [3.8, 4) is 11.4 Å². The maximum Gasteiger partial charge on any atom is 0.272 e. The summed E-state index contributed by atoms with van der Waals surface area (Å²) in [6, 6.07) is 7.43. The number of amides is 1. The molecule has 1 fully saturated rings.